The number of nitrogens with zero attached hydrogens (tertiary/aromatic N) is 5. The van der Waals surface area contributed by atoms with E-state index in [1.54, 1.807) is 11.3 Å². The highest BCUT2D eigenvalue weighted by Crippen LogP contribution is 2.32. The van der Waals surface area contributed by atoms with Crippen LogP contribution in [0.2, 0.25) is 0 Å². The van der Waals surface area contributed by atoms with Gasteiger partial charge in [0.2, 0.25) is 5.91 Å². The summed E-state index contributed by atoms with van der Waals surface area (Å²) in [5, 5.41) is 1.09. The van der Waals surface area contributed by atoms with Crippen molar-refractivity contribution < 1.29 is 4.79 Å². The molecular formula is C24H33N5OS. The molecule has 5 rings (SSSR count). The number of hydrogen-bond acceptors (Lipinski definition) is 6. The van der Waals surface area contributed by atoms with E-state index in [2.05, 4.69) is 58.0 Å². The fourth-order valence-electron chi connectivity index (χ4n) is 4.79. The predicted octanol–water partition coefficient (Wildman–Crippen LogP) is 2.93. The molecule has 0 bridgehead atoms. The third kappa shape index (κ3) is 4.49. The normalized spacial score (nSPS) is 20.4. The lowest BCUT2D eigenvalue weighted by Gasteiger charge is -2.43. The van der Waals surface area contributed by atoms with Crippen molar-refractivity contribution in [2.45, 2.75) is 38.3 Å². The Kier molecular flexibility index (Phi) is 5.99. The molecule has 0 N–H and O–H groups in total. The Morgan fingerprint density at radius 2 is 1.84 bits per heavy atom. The average molecular weight is 440 g/mol. The molecule has 2 aliphatic heterocycles. The van der Waals surface area contributed by atoms with Gasteiger partial charge in [0.1, 0.15) is 5.01 Å². The summed E-state index contributed by atoms with van der Waals surface area (Å²) in [5.74, 6) is 0.292. The minimum absolute atomic E-state index is 0.292. The van der Waals surface area contributed by atoms with Gasteiger partial charge < -0.3 is 9.80 Å². The summed E-state index contributed by atoms with van der Waals surface area (Å²) in [4.78, 5) is 28.2. The number of fused-ring (bicyclic) bond motifs is 1. The van der Waals surface area contributed by atoms with Crippen LogP contribution in [-0.2, 0) is 17.8 Å². The van der Waals surface area contributed by atoms with Crippen LogP contribution in [0.25, 0.3) is 10.6 Å². The Bertz CT molecular complexity index is 913. The van der Waals surface area contributed by atoms with Crippen LogP contribution in [0.5, 0.6) is 0 Å². The molecule has 2 fully saturated rings. The van der Waals surface area contributed by atoms with Crippen molar-refractivity contribution >= 4 is 22.9 Å². The van der Waals surface area contributed by atoms with Gasteiger partial charge in [0, 0.05) is 82.0 Å². The SMILES string of the molecule is CN(C)c1ccc(-c2nc3c(s2)CN(CC(=O)N2CCN(C4CCC4)CC2)CC3)cc1. The summed E-state index contributed by atoms with van der Waals surface area (Å²) in [6, 6.07) is 9.39. The summed E-state index contributed by atoms with van der Waals surface area (Å²) in [5.41, 5.74) is 3.59. The first-order valence-corrected chi connectivity index (χ1v) is 12.4. The van der Waals surface area contributed by atoms with Gasteiger partial charge in [-0.05, 0) is 37.1 Å². The molecular weight excluding hydrogens is 406 g/mol. The molecule has 2 aromatic rings. The van der Waals surface area contributed by atoms with E-state index < -0.39 is 0 Å². The summed E-state index contributed by atoms with van der Waals surface area (Å²) in [6.07, 6.45) is 5.01. The fraction of sp³-hybridized carbons (Fsp3) is 0.583. The number of carbonyl (C=O) groups is 1. The van der Waals surface area contributed by atoms with Gasteiger partial charge in [-0.3, -0.25) is 14.6 Å². The van der Waals surface area contributed by atoms with E-state index in [-0.39, 0.29) is 0 Å². The summed E-state index contributed by atoms with van der Waals surface area (Å²) in [7, 11) is 4.11. The predicted molar refractivity (Wildman–Crippen MR) is 127 cm³/mol. The molecule has 7 heteroatoms. The number of hydrogen-bond donors (Lipinski definition) is 0. The van der Waals surface area contributed by atoms with Crippen LogP contribution in [0.1, 0.15) is 29.8 Å². The zero-order valence-electron chi connectivity index (χ0n) is 18.7. The molecule has 0 unspecified atom stereocenters. The number of piperazine rings is 1. The lowest BCUT2D eigenvalue weighted by atomic mass is 9.91. The van der Waals surface area contributed by atoms with Gasteiger partial charge in [0.05, 0.1) is 12.2 Å². The third-order valence-electron chi connectivity index (χ3n) is 7.06. The van der Waals surface area contributed by atoms with Crippen LogP contribution < -0.4 is 4.90 Å². The fourth-order valence-corrected chi connectivity index (χ4v) is 5.94. The second-order valence-electron chi connectivity index (χ2n) is 9.29. The van der Waals surface area contributed by atoms with E-state index in [4.69, 9.17) is 4.98 Å². The topological polar surface area (TPSA) is 42.9 Å². The van der Waals surface area contributed by atoms with Crippen molar-refractivity contribution in [2.24, 2.45) is 0 Å². The molecule has 0 radical (unpaired) electrons. The van der Waals surface area contributed by atoms with Crippen molar-refractivity contribution in [2.75, 3.05) is 58.3 Å². The van der Waals surface area contributed by atoms with E-state index in [1.165, 1.54) is 41.1 Å². The van der Waals surface area contributed by atoms with Crippen molar-refractivity contribution in [3.8, 4) is 10.6 Å². The van der Waals surface area contributed by atoms with Gasteiger partial charge in [-0.25, -0.2) is 4.98 Å². The van der Waals surface area contributed by atoms with Crippen LogP contribution in [0, 0.1) is 0 Å². The Labute approximate surface area is 189 Å². The van der Waals surface area contributed by atoms with Gasteiger partial charge in [-0.15, -0.1) is 11.3 Å². The largest absolute Gasteiger partial charge is 0.378 e. The molecule has 166 valence electrons. The first-order chi connectivity index (χ1) is 15.1. The van der Waals surface area contributed by atoms with E-state index >= 15 is 0 Å². The summed E-state index contributed by atoms with van der Waals surface area (Å²) < 4.78 is 0. The lowest BCUT2D eigenvalue weighted by Crippen LogP contribution is -2.55. The van der Waals surface area contributed by atoms with Crippen molar-refractivity contribution in [1.29, 1.82) is 0 Å². The van der Waals surface area contributed by atoms with E-state index in [0.717, 1.165) is 56.7 Å². The molecule has 1 aliphatic carbocycles. The van der Waals surface area contributed by atoms with Crippen LogP contribution in [0.3, 0.4) is 0 Å². The standard InChI is InChI=1S/C24H33N5OS/c1-26(2)19-8-6-18(7-9-19)24-25-21-10-11-27(16-22(21)31-24)17-23(30)29-14-12-28(13-15-29)20-4-3-5-20/h6-9,20H,3-5,10-17H2,1-2H3. The quantitative estimate of drug-likeness (QED) is 0.717. The van der Waals surface area contributed by atoms with Gasteiger partial charge >= 0.3 is 0 Å². The molecule has 1 saturated heterocycles. The third-order valence-corrected chi connectivity index (χ3v) is 8.19. The zero-order valence-corrected chi connectivity index (χ0v) is 19.5. The first-order valence-electron chi connectivity index (χ1n) is 11.6. The number of carbonyl (C=O) groups excluding carboxylic acids is 1. The van der Waals surface area contributed by atoms with Gasteiger partial charge in [-0.1, -0.05) is 6.42 Å². The van der Waals surface area contributed by atoms with E-state index in [9.17, 15) is 4.79 Å². The minimum Gasteiger partial charge on any atom is -0.378 e. The molecule has 31 heavy (non-hydrogen) atoms. The highest BCUT2D eigenvalue weighted by atomic mass is 32.1. The second-order valence-corrected chi connectivity index (χ2v) is 10.4. The minimum atomic E-state index is 0.292. The number of aromatic nitrogens is 1. The Hall–Kier alpha value is -1.96. The van der Waals surface area contributed by atoms with Crippen LogP contribution >= 0.6 is 11.3 Å². The Morgan fingerprint density at radius 1 is 1.10 bits per heavy atom. The molecule has 3 heterocycles. The Morgan fingerprint density at radius 3 is 2.48 bits per heavy atom. The molecule has 6 nitrogen and oxygen atoms in total. The van der Waals surface area contributed by atoms with Crippen molar-refractivity contribution in [3.63, 3.8) is 0 Å². The van der Waals surface area contributed by atoms with Crippen LogP contribution in [0.15, 0.2) is 24.3 Å². The van der Waals surface area contributed by atoms with Crippen molar-refractivity contribution in [3.05, 3.63) is 34.8 Å². The lowest BCUT2D eigenvalue weighted by molar-refractivity contribution is -0.135. The summed E-state index contributed by atoms with van der Waals surface area (Å²) >= 11 is 1.78. The summed E-state index contributed by atoms with van der Waals surface area (Å²) in [6.45, 7) is 6.18. The molecule has 0 spiro atoms. The maximum absolute atomic E-state index is 12.9. The highest BCUT2D eigenvalue weighted by molar-refractivity contribution is 7.15. The molecule has 1 saturated carbocycles. The number of benzene rings is 1. The number of rotatable bonds is 5. The highest BCUT2D eigenvalue weighted by Gasteiger charge is 2.30. The van der Waals surface area contributed by atoms with Crippen molar-refractivity contribution in [1.82, 2.24) is 19.7 Å². The van der Waals surface area contributed by atoms with E-state index in [0.29, 0.717) is 12.5 Å². The molecule has 1 aromatic heterocycles. The van der Waals surface area contributed by atoms with Crippen LogP contribution in [0.4, 0.5) is 5.69 Å². The maximum atomic E-state index is 12.9. The zero-order chi connectivity index (χ0) is 21.4. The monoisotopic (exact) mass is 439 g/mol. The van der Waals surface area contributed by atoms with E-state index in [1.807, 2.05) is 0 Å². The van der Waals surface area contributed by atoms with Gasteiger partial charge in [-0.2, -0.15) is 0 Å². The first kappa shape index (κ1) is 20.9. The molecule has 3 aliphatic rings. The van der Waals surface area contributed by atoms with Gasteiger partial charge in [0.25, 0.3) is 0 Å². The average Bonchev–Trinajstić information content (AvgIpc) is 3.16. The number of amides is 1. The number of thiazole rings is 1. The maximum Gasteiger partial charge on any atom is 0.236 e. The number of anilines is 1. The molecule has 0 atom stereocenters. The molecule has 1 aromatic carbocycles. The Balaban J connectivity index is 1.17. The van der Waals surface area contributed by atoms with Crippen LogP contribution in [-0.4, -0.2) is 85.0 Å². The second kappa shape index (κ2) is 8.88. The van der Waals surface area contributed by atoms with Gasteiger partial charge in [0.15, 0.2) is 0 Å². The smallest absolute Gasteiger partial charge is 0.236 e. The molecule has 1 amide bonds.